The lowest BCUT2D eigenvalue weighted by atomic mass is 10.2. The number of nitrogens with two attached hydrogens (primary N) is 1. The SMILES string of the molecule is Nc1c(Br)cc(-c2nnn[nH]2)cc1Br. The third-order valence-corrected chi connectivity index (χ3v) is 3.01. The van der Waals surface area contributed by atoms with Gasteiger partial charge in [-0.1, -0.05) is 0 Å². The summed E-state index contributed by atoms with van der Waals surface area (Å²) in [5.41, 5.74) is 7.27. The van der Waals surface area contributed by atoms with Crippen LogP contribution < -0.4 is 5.73 Å². The zero-order valence-corrected chi connectivity index (χ0v) is 10.0. The Kier molecular flexibility index (Phi) is 2.51. The minimum absolute atomic E-state index is 0.603. The fourth-order valence-electron chi connectivity index (χ4n) is 1.00. The first-order valence-electron chi connectivity index (χ1n) is 3.67. The summed E-state index contributed by atoms with van der Waals surface area (Å²) in [6.07, 6.45) is 0. The van der Waals surface area contributed by atoms with Gasteiger partial charge >= 0.3 is 0 Å². The number of tetrazole rings is 1. The standard InChI is InChI=1S/C7H5Br2N5/c8-4-1-3(2-5(9)6(4)10)7-11-13-14-12-7/h1-2H,10H2,(H,11,12,13,14). The maximum Gasteiger partial charge on any atom is 0.179 e. The summed E-state index contributed by atoms with van der Waals surface area (Å²) < 4.78 is 1.61. The van der Waals surface area contributed by atoms with E-state index >= 15 is 0 Å². The van der Waals surface area contributed by atoms with Crippen LogP contribution in [0.3, 0.4) is 0 Å². The second kappa shape index (κ2) is 3.66. The molecular weight excluding hydrogens is 314 g/mol. The van der Waals surface area contributed by atoms with Crippen LogP contribution in [0.15, 0.2) is 21.1 Å². The number of hydrogen-bond donors (Lipinski definition) is 2. The topological polar surface area (TPSA) is 80.5 Å². The first-order chi connectivity index (χ1) is 6.68. The van der Waals surface area contributed by atoms with Crippen LogP contribution in [0.1, 0.15) is 0 Å². The van der Waals surface area contributed by atoms with Gasteiger partial charge in [-0.2, -0.15) is 0 Å². The minimum Gasteiger partial charge on any atom is -0.397 e. The Morgan fingerprint density at radius 3 is 2.36 bits per heavy atom. The fraction of sp³-hybridized carbons (Fsp3) is 0. The predicted molar refractivity (Wildman–Crippen MR) is 59.4 cm³/mol. The smallest absolute Gasteiger partial charge is 0.179 e. The number of nitrogens with zero attached hydrogens (tertiary/aromatic N) is 3. The molecule has 0 aliphatic rings. The molecule has 0 spiro atoms. The average molecular weight is 319 g/mol. The molecule has 0 unspecified atom stereocenters. The van der Waals surface area contributed by atoms with Gasteiger partial charge in [0.15, 0.2) is 5.82 Å². The Bertz CT molecular complexity index is 430. The molecule has 2 aromatic rings. The van der Waals surface area contributed by atoms with Crippen LogP contribution >= 0.6 is 31.9 Å². The third kappa shape index (κ3) is 1.64. The minimum atomic E-state index is 0.603. The molecule has 0 aliphatic heterocycles. The van der Waals surface area contributed by atoms with Gasteiger partial charge in [0, 0.05) is 14.5 Å². The summed E-state index contributed by atoms with van der Waals surface area (Å²) in [6, 6.07) is 3.70. The average Bonchev–Trinajstić information content (AvgIpc) is 2.66. The van der Waals surface area contributed by atoms with Gasteiger partial charge in [-0.15, -0.1) is 5.10 Å². The van der Waals surface area contributed by atoms with E-state index in [1.54, 1.807) is 0 Å². The van der Waals surface area contributed by atoms with Gasteiger partial charge < -0.3 is 5.73 Å². The van der Waals surface area contributed by atoms with E-state index in [-0.39, 0.29) is 0 Å². The van der Waals surface area contributed by atoms with Crippen molar-refractivity contribution < 1.29 is 0 Å². The second-order valence-electron chi connectivity index (χ2n) is 2.60. The van der Waals surface area contributed by atoms with Crippen molar-refractivity contribution in [1.29, 1.82) is 0 Å². The molecule has 0 saturated carbocycles. The number of rotatable bonds is 1. The van der Waals surface area contributed by atoms with Crippen LogP contribution in [0.2, 0.25) is 0 Å². The molecule has 1 heterocycles. The number of nitrogen functional groups attached to an aromatic ring is 1. The van der Waals surface area contributed by atoms with Crippen molar-refractivity contribution in [2.45, 2.75) is 0 Å². The number of hydrogen-bond acceptors (Lipinski definition) is 4. The molecule has 1 aromatic carbocycles. The first kappa shape index (κ1) is 9.60. The van der Waals surface area contributed by atoms with E-state index in [0.29, 0.717) is 11.5 Å². The zero-order chi connectivity index (χ0) is 10.1. The summed E-state index contributed by atoms with van der Waals surface area (Å²) in [5.74, 6) is 0.603. The summed E-state index contributed by atoms with van der Waals surface area (Å²) in [6.45, 7) is 0. The van der Waals surface area contributed by atoms with Crippen molar-refractivity contribution in [3.05, 3.63) is 21.1 Å². The molecule has 0 aliphatic carbocycles. The Labute approximate surface area is 96.3 Å². The summed E-state index contributed by atoms with van der Waals surface area (Å²) in [5, 5.41) is 13.5. The van der Waals surface area contributed by atoms with Crippen LogP contribution in [0.4, 0.5) is 5.69 Å². The number of halogens is 2. The molecule has 72 valence electrons. The van der Waals surface area contributed by atoms with Crippen molar-refractivity contribution in [2.75, 3.05) is 5.73 Å². The van der Waals surface area contributed by atoms with E-state index in [1.807, 2.05) is 12.1 Å². The zero-order valence-electron chi connectivity index (χ0n) is 6.83. The van der Waals surface area contributed by atoms with Crippen molar-refractivity contribution in [1.82, 2.24) is 20.6 Å². The normalized spacial score (nSPS) is 10.4. The lowest BCUT2D eigenvalue weighted by molar-refractivity contribution is 0.881. The number of H-pyrrole nitrogens is 1. The van der Waals surface area contributed by atoms with Gasteiger partial charge in [0.1, 0.15) is 0 Å². The first-order valence-corrected chi connectivity index (χ1v) is 5.25. The maximum atomic E-state index is 5.75. The van der Waals surface area contributed by atoms with Crippen LogP contribution in [-0.4, -0.2) is 20.6 Å². The van der Waals surface area contributed by atoms with Gasteiger partial charge in [0.05, 0.1) is 5.69 Å². The third-order valence-electron chi connectivity index (χ3n) is 1.70. The molecule has 0 fully saturated rings. The highest BCUT2D eigenvalue weighted by Gasteiger charge is 2.07. The van der Waals surface area contributed by atoms with Crippen LogP contribution in [0.5, 0.6) is 0 Å². The summed E-state index contributed by atoms with van der Waals surface area (Å²) >= 11 is 6.69. The lowest BCUT2D eigenvalue weighted by Crippen LogP contribution is -1.90. The fourth-order valence-corrected chi connectivity index (χ4v) is 2.19. The number of nitrogens with one attached hydrogen (secondary N) is 1. The Balaban J connectivity index is 2.57. The molecule has 5 nitrogen and oxygen atoms in total. The molecular formula is C7H5Br2N5. The van der Waals surface area contributed by atoms with E-state index < -0.39 is 0 Å². The highest BCUT2D eigenvalue weighted by molar-refractivity contribution is 9.11. The van der Waals surface area contributed by atoms with Crippen LogP contribution in [0.25, 0.3) is 11.4 Å². The van der Waals surface area contributed by atoms with E-state index in [0.717, 1.165) is 14.5 Å². The molecule has 0 bridgehead atoms. The van der Waals surface area contributed by atoms with Crippen LogP contribution in [-0.2, 0) is 0 Å². The quantitative estimate of drug-likeness (QED) is 0.788. The van der Waals surface area contributed by atoms with E-state index in [4.69, 9.17) is 5.73 Å². The van der Waals surface area contributed by atoms with Gasteiger partial charge in [-0.05, 0) is 54.4 Å². The molecule has 0 amide bonds. The Morgan fingerprint density at radius 1 is 1.21 bits per heavy atom. The largest absolute Gasteiger partial charge is 0.397 e. The molecule has 0 saturated heterocycles. The molecule has 2 rings (SSSR count). The highest BCUT2D eigenvalue weighted by Crippen LogP contribution is 2.32. The predicted octanol–water partition coefficient (Wildman–Crippen LogP) is 1.97. The Morgan fingerprint density at radius 2 is 1.86 bits per heavy atom. The van der Waals surface area contributed by atoms with Gasteiger partial charge in [0.25, 0.3) is 0 Å². The number of benzene rings is 1. The molecule has 3 N–H and O–H groups in total. The van der Waals surface area contributed by atoms with E-state index in [2.05, 4.69) is 52.5 Å². The number of aromatic amines is 1. The molecule has 0 radical (unpaired) electrons. The van der Waals surface area contributed by atoms with Crippen molar-refractivity contribution in [3.63, 3.8) is 0 Å². The van der Waals surface area contributed by atoms with Gasteiger partial charge in [-0.3, -0.25) is 0 Å². The van der Waals surface area contributed by atoms with Crippen molar-refractivity contribution in [2.24, 2.45) is 0 Å². The summed E-state index contributed by atoms with van der Waals surface area (Å²) in [4.78, 5) is 0. The summed E-state index contributed by atoms with van der Waals surface area (Å²) in [7, 11) is 0. The molecule has 14 heavy (non-hydrogen) atoms. The second-order valence-corrected chi connectivity index (χ2v) is 4.31. The van der Waals surface area contributed by atoms with Gasteiger partial charge in [0.2, 0.25) is 0 Å². The van der Waals surface area contributed by atoms with Crippen molar-refractivity contribution >= 4 is 37.5 Å². The Hall–Kier alpha value is -0.950. The lowest BCUT2D eigenvalue weighted by Gasteiger charge is -2.03. The monoisotopic (exact) mass is 317 g/mol. The number of anilines is 1. The maximum absolute atomic E-state index is 5.75. The van der Waals surface area contributed by atoms with E-state index in [9.17, 15) is 0 Å². The van der Waals surface area contributed by atoms with E-state index in [1.165, 1.54) is 0 Å². The molecule has 1 aromatic heterocycles. The van der Waals surface area contributed by atoms with Crippen LogP contribution in [0, 0.1) is 0 Å². The highest BCUT2D eigenvalue weighted by atomic mass is 79.9. The van der Waals surface area contributed by atoms with Gasteiger partial charge in [-0.25, -0.2) is 5.10 Å². The molecule has 7 heteroatoms. The number of aromatic nitrogens is 4. The van der Waals surface area contributed by atoms with Crippen molar-refractivity contribution in [3.8, 4) is 11.4 Å². The molecule has 0 atom stereocenters.